The molecule has 0 N–H and O–H groups in total. The zero-order valence-corrected chi connectivity index (χ0v) is 16.4. The molecule has 1 saturated heterocycles. The van der Waals surface area contributed by atoms with Crippen molar-refractivity contribution in [1.29, 1.82) is 0 Å². The first kappa shape index (κ1) is 19.7. The van der Waals surface area contributed by atoms with Crippen LogP contribution in [0.1, 0.15) is 11.1 Å². The molecule has 3 rings (SSSR count). The molecule has 0 unspecified atom stereocenters. The molecular weight excluding hydrogens is 356 g/mol. The highest BCUT2D eigenvalue weighted by Crippen LogP contribution is 2.13. The van der Waals surface area contributed by atoms with Crippen molar-refractivity contribution in [3.8, 4) is 11.5 Å². The average molecular weight is 382 g/mol. The second kappa shape index (κ2) is 9.26. The van der Waals surface area contributed by atoms with Gasteiger partial charge in [0.25, 0.3) is 11.8 Å². The summed E-state index contributed by atoms with van der Waals surface area (Å²) < 4.78 is 11.1. The van der Waals surface area contributed by atoms with E-state index in [-0.39, 0.29) is 25.0 Å². The Hall–Kier alpha value is -3.02. The highest BCUT2D eigenvalue weighted by molar-refractivity contribution is 5.80. The van der Waals surface area contributed by atoms with E-state index >= 15 is 0 Å². The lowest BCUT2D eigenvalue weighted by Crippen LogP contribution is -2.52. The topological polar surface area (TPSA) is 59.1 Å². The predicted octanol–water partition coefficient (Wildman–Crippen LogP) is 2.43. The summed E-state index contributed by atoms with van der Waals surface area (Å²) in [6, 6.07) is 15.2. The third kappa shape index (κ3) is 5.49. The first-order chi connectivity index (χ1) is 13.5. The van der Waals surface area contributed by atoms with E-state index in [0.29, 0.717) is 37.7 Å². The minimum atomic E-state index is -0.0661. The van der Waals surface area contributed by atoms with Gasteiger partial charge in [0.2, 0.25) is 0 Å². The Kier molecular flexibility index (Phi) is 6.53. The van der Waals surface area contributed by atoms with Crippen molar-refractivity contribution in [2.24, 2.45) is 0 Å². The fourth-order valence-corrected chi connectivity index (χ4v) is 2.95. The van der Waals surface area contributed by atoms with Crippen LogP contribution >= 0.6 is 0 Å². The number of rotatable bonds is 6. The number of nitrogens with zero attached hydrogens (tertiary/aromatic N) is 2. The molecule has 1 aliphatic heterocycles. The van der Waals surface area contributed by atoms with Crippen LogP contribution in [0.25, 0.3) is 0 Å². The van der Waals surface area contributed by atoms with E-state index in [9.17, 15) is 9.59 Å². The molecule has 0 atom stereocenters. The van der Waals surface area contributed by atoms with Crippen LogP contribution in [-0.4, -0.2) is 61.0 Å². The van der Waals surface area contributed by atoms with E-state index in [0.717, 1.165) is 11.1 Å². The Balaban J connectivity index is 1.39. The maximum Gasteiger partial charge on any atom is 0.260 e. The lowest BCUT2D eigenvalue weighted by Gasteiger charge is -2.34. The van der Waals surface area contributed by atoms with Crippen molar-refractivity contribution in [2.45, 2.75) is 13.8 Å². The molecule has 2 aromatic carbocycles. The van der Waals surface area contributed by atoms with Gasteiger partial charge in [-0.1, -0.05) is 35.4 Å². The van der Waals surface area contributed by atoms with Gasteiger partial charge in [0.1, 0.15) is 11.5 Å². The summed E-state index contributed by atoms with van der Waals surface area (Å²) in [5, 5.41) is 0. The Morgan fingerprint density at radius 1 is 0.679 bits per heavy atom. The molecule has 2 amide bonds. The van der Waals surface area contributed by atoms with E-state index in [1.165, 1.54) is 0 Å². The van der Waals surface area contributed by atoms with Crippen molar-refractivity contribution in [3.05, 3.63) is 59.7 Å². The van der Waals surface area contributed by atoms with Crippen molar-refractivity contribution < 1.29 is 19.1 Å². The van der Waals surface area contributed by atoms with Crippen LogP contribution in [0.2, 0.25) is 0 Å². The van der Waals surface area contributed by atoms with Crippen molar-refractivity contribution in [1.82, 2.24) is 9.80 Å². The fourth-order valence-electron chi connectivity index (χ4n) is 2.95. The second-order valence-corrected chi connectivity index (χ2v) is 6.97. The Morgan fingerprint density at radius 2 is 1.00 bits per heavy atom. The largest absolute Gasteiger partial charge is 0.484 e. The lowest BCUT2D eigenvalue weighted by molar-refractivity contribution is -0.141. The number of carbonyl (C=O) groups is 2. The van der Waals surface area contributed by atoms with Crippen LogP contribution in [-0.2, 0) is 9.59 Å². The summed E-state index contributed by atoms with van der Waals surface area (Å²) >= 11 is 0. The molecule has 0 radical (unpaired) electrons. The molecule has 1 aliphatic rings. The molecule has 6 heteroatoms. The summed E-state index contributed by atoms with van der Waals surface area (Å²) in [6.07, 6.45) is 0. The molecule has 1 heterocycles. The highest BCUT2D eigenvalue weighted by atomic mass is 16.5. The van der Waals surface area contributed by atoms with Gasteiger partial charge in [-0.2, -0.15) is 0 Å². The van der Waals surface area contributed by atoms with Crippen LogP contribution in [0.15, 0.2) is 48.5 Å². The van der Waals surface area contributed by atoms with Gasteiger partial charge in [0.15, 0.2) is 13.2 Å². The van der Waals surface area contributed by atoms with Gasteiger partial charge < -0.3 is 19.3 Å². The normalized spacial score (nSPS) is 13.9. The molecule has 1 fully saturated rings. The number of carbonyl (C=O) groups excluding carboxylic acids is 2. The predicted molar refractivity (Wildman–Crippen MR) is 107 cm³/mol. The summed E-state index contributed by atoms with van der Waals surface area (Å²) in [5.74, 6) is 1.23. The van der Waals surface area contributed by atoms with Crippen molar-refractivity contribution in [3.63, 3.8) is 0 Å². The molecule has 148 valence electrons. The van der Waals surface area contributed by atoms with Crippen LogP contribution in [0.5, 0.6) is 11.5 Å². The first-order valence-corrected chi connectivity index (χ1v) is 9.46. The maximum absolute atomic E-state index is 12.3. The minimum absolute atomic E-state index is 0.00748. The molecule has 0 bridgehead atoms. The molecule has 6 nitrogen and oxygen atoms in total. The number of piperazine rings is 1. The lowest BCUT2D eigenvalue weighted by atomic mass is 10.2. The maximum atomic E-state index is 12.3. The van der Waals surface area contributed by atoms with Crippen molar-refractivity contribution in [2.75, 3.05) is 39.4 Å². The van der Waals surface area contributed by atoms with Gasteiger partial charge in [-0.25, -0.2) is 0 Å². The number of benzene rings is 2. The van der Waals surface area contributed by atoms with E-state index in [2.05, 4.69) is 0 Å². The smallest absolute Gasteiger partial charge is 0.260 e. The fraction of sp³-hybridized carbons (Fsp3) is 0.364. The monoisotopic (exact) mass is 382 g/mol. The van der Waals surface area contributed by atoms with E-state index in [1.807, 2.05) is 62.4 Å². The quantitative estimate of drug-likeness (QED) is 0.770. The van der Waals surface area contributed by atoms with Crippen molar-refractivity contribution >= 4 is 11.8 Å². The molecule has 0 saturated carbocycles. The standard InChI is InChI=1S/C22H26N2O4/c1-17-3-7-19(8-4-17)27-15-21(25)23-11-13-24(14-12-23)22(26)16-28-20-9-5-18(2)6-10-20/h3-10H,11-16H2,1-2H3. The first-order valence-electron chi connectivity index (χ1n) is 9.46. The van der Waals surface area contributed by atoms with E-state index in [1.54, 1.807) is 9.80 Å². The molecule has 0 spiro atoms. The Morgan fingerprint density at radius 3 is 1.32 bits per heavy atom. The number of amides is 2. The number of aryl methyl sites for hydroxylation is 2. The zero-order chi connectivity index (χ0) is 19.9. The molecule has 2 aromatic rings. The van der Waals surface area contributed by atoms with Gasteiger partial charge in [0.05, 0.1) is 0 Å². The van der Waals surface area contributed by atoms with Crippen LogP contribution < -0.4 is 9.47 Å². The number of hydrogen-bond donors (Lipinski definition) is 0. The summed E-state index contributed by atoms with van der Waals surface area (Å²) in [7, 11) is 0. The molecule has 28 heavy (non-hydrogen) atoms. The van der Waals surface area contributed by atoms with Crippen LogP contribution in [0, 0.1) is 13.8 Å². The highest BCUT2D eigenvalue weighted by Gasteiger charge is 2.24. The summed E-state index contributed by atoms with van der Waals surface area (Å²) in [5.41, 5.74) is 2.29. The molecule has 0 aliphatic carbocycles. The van der Waals surface area contributed by atoms with Gasteiger partial charge in [-0.3, -0.25) is 9.59 Å². The van der Waals surface area contributed by atoms with Gasteiger partial charge >= 0.3 is 0 Å². The number of hydrogen-bond acceptors (Lipinski definition) is 4. The number of ether oxygens (including phenoxy) is 2. The Bertz CT molecular complexity index is 725. The molecular formula is C22H26N2O4. The van der Waals surface area contributed by atoms with Crippen LogP contribution in [0.4, 0.5) is 0 Å². The third-order valence-electron chi connectivity index (χ3n) is 4.75. The average Bonchev–Trinajstić information content (AvgIpc) is 2.72. The van der Waals surface area contributed by atoms with E-state index in [4.69, 9.17) is 9.47 Å². The van der Waals surface area contributed by atoms with Gasteiger partial charge in [-0.15, -0.1) is 0 Å². The van der Waals surface area contributed by atoms with Gasteiger partial charge in [0, 0.05) is 26.2 Å². The van der Waals surface area contributed by atoms with Crippen LogP contribution in [0.3, 0.4) is 0 Å². The Labute approximate surface area is 165 Å². The minimum Gasteiger partial charge on any atom is -0.484 e. The SMILES string of the molecule is Cc1ccc(OCC(=O)N2CCN(C(=O)COc3ccc(C)cc3)CC2)cc1. The zero-order valence-electron chi connectivity index (χ0n) is 16.4. The second-order valence-electron chi connectivity index (χ2n) is 6.97. The third-order valence-corrected chi connectivity index (χ3v) is 4.75. The molecule has 0 aromatic heterocycles. The summed E-state index contributed by atoms with van der Waals surface area (Å²) in [4.78, 5) is 28.1. The summed E-state index contributed by atoms with van der Waals surface area (Å²) in [6.45, 7) is 6.04. The van der Waals surface area contributed by atoms with E-state index < -0.39 is 0 Å². The van der Waals surface area contributed by atoms with Gasteiger partial charge in [-0.05, 0) is 38.1 Å².